The largest absolute Gasteiger partial charge is 0.350 e. The predicted octanol–water partition coefficient (Wildman–Crippen LogP) is 0.376. The highest BCUT2D eigenvalue weighted by Gasteiger charge is 2.28. The minimum atomic E-state index is -0.799. The lowest BCUT2D eigenvalue weighted by Gasteiger charge is -2.38. The number of primary amides is 1. The van der Waals surface area contributed by atoms with Crippen molar-refractivity contribution in [3.63, 3.8) is 0 Å². The standard InChI is InChI=1S/C10H19N3O3/c1-7-4-3-5-8(2)13(7)9(14)6-16-12-10(11)15/h7-8H,3-6H2,1-2H3,(H3,11,12,15)/t7-,8-/m0/s1. The molecule has 1 fully saturated rings. The van der Waals surface area contributed by atoms with Crippen molar-refractivity contribution in [2.45, 2.75) is 45.2 Å². The van der Waals surface area contributed by atoms with E-state index in [0.29, 0.717) is 0 Å². The van der Waals surface area contributed by atoms with E-state index in [-0.39, 0.29) is 24.6 Å². The first kappa shape index (κ1) is 12.8. The van der Waals surface area contributed by atoms with Crippen molar-refractivity contribution in [2.24, 2.45) is 5.73 Å². The molecule has 0 spiro atoms. The molecule has 3 amide bonds. The topological polar surface area (TPSA) is 84.7 Å². The number of amides is 3. The minimum Gasteiger partial charge on any atom is -0.350 e. The Bertz CT molecular complexity index is 260. The van der Waals surface area contributed by atoms with Crippen molar-refractivity contribution < 1.29 is 14.4 Å². The molecule has 1 saturated heterocycles. The highest BCUT2D eigenvalue weighted by atomic mass is 16.7. The minimum absolute atomic E-state index is 0.117. The SMILES string of the molecule is C[C@H]1CCC[C@H](C)N1C(=O)CONC(N)=O. The molecule has 1 aliphatic rings. The highest BCUT2D eigenvalue weighted by Crippen LogP contribution is 2.22. The van der Waals surface area contributed by atoms with Gasteiger partial charge in [0.2, 0.25) is 0 Å². The number of urea groups is 1. The summed E-state index contributed by atoms with van der Waals surface area (Å²) < 4.78 is 0. The van der Waals surface area contributed by atoms with Gasteiger partial charge in [0.25, 0.3) is 5.91 Å². The van der Waals surface area contributed by atoms with Crippen molar-refractivity contribution in [3.05, 3.63) is 0 Å². The van der Waals surface area contributed by atoms with Crippen LogP contribution in [0.5, 0.6) is 0 Å². The van der Waals surface area contributed by atoms with Crippen LogP contribution < -0.4 is 11.2 Å². The lowest BCUT2D eigenvalue weighted by atomic mass is 9.97. The lowest BCUT2D eigenvalue weighted by molar-refractivity contribution is -0.144. The van der Waals surface area contributed by atoms with Gasteiger partial charge in [-0.2, -0.15) is 0 Å². The highest BCUT2D eigenvalue weighted by molar-refractivity contribution is 5.78. The Labute approximate surface area is 95.1 Å². The van der Waals surface area contributed by atoms with Crippen LogP contribution in [-0.2, 0) is 9.63 Å². The van der Waals surface area contributed by atoms with Crippen molar-refractivity contribution in [3.8, 4) is 0 Å². The first-order valence-corrected chi connectivity index (χ1v) is 5.50. The lowest BCUT2D eigenvalue weighted by Crippen LogP contribution is -2.49. The Kier molecular flexibility index (Phi) is 4.54. The number of nitrogens with zero attached hydrogens (tertiary/aromatic N) is 1. The molecular formula is C10H19N3O3. The second-order valence-corrected chi connectivity index (χ2v) is 4.18. The molecule has 3 N–H and O–H groups in total. The molecule has 16 heavy (non-hydrogen) atoms. The van der Waals surface area contributed by atoms with Crippen molar-refractivity contribution in [1.82, 2.24) is 10.4 Å². The van der Waals surface area contributed by atoms with Crippen molar-refractivity contribution >= 4 is 11.9 Å². The quantitative estimate of drug-likeness (QED) is 0.686. The van der Waals surface area contributed by atoms with Gasteiger partial charge < -0.3 is 10.6 Å². The second-order valence-electron chi connectivity index (χ2n) is 4.18. The zero-order valence-corrected chi connectivity index (χ0v) is 9.73. The normalized spacial score (nSPS) is 25.2. The fourth-order valence-corrected chi connectivity index (χ4v) is 2.16. The molecule has 92 valence electrons. The molecule has 6 nitrogen and oxygen atoms in total. The maximum absolute atomic E-state index is 11.8. The summed E-state index contributed by atoms with van der Waals surface area (Å²) in [5.74, 6) is -0.117. The van der Waals surface area contributed by atoms with Crippen LogP contribution in [0.3, 0.4) is 0 Å². The first-order valence-electron chi connectivity index (χ1n) is 5.50. The van der Waals surface area contributed by atoms with E-state index in [2.05, 4.69) is 0 Å². The molecule has 0 aromatic rings. The summed E-state index contributed by atoms with van der Waals surface area (Å²) in [6.07, 6.45) is 3.17. The van der Waals surface area contributed by atoms with Gasteiger partial charge in [0, 0.05) is 12.1 Å². The Hall–Kier alpha value is -1.30. The maximum atomic E-state index is 11.8. The number of hydrogen-bond donors (Lipinski definition) is 2. The van der Waals surface area contributed by atoms with E-state index in [1.54, 1.807) is 0 Å². The van der Waals surface area contributed by atoms with E-state index < -0.39 is 6.03 Å². The molecule has 2 atom stereocenters. The zero-order chi connectivity index (χ0) is 12.1. The molecule has 0 unspecified atom stereocenters. The second kappa shape index (κ2) is 5.69. The molecule has 1 aliphatic heterocycles. The number of rotatable bonds is 3. The van der Waals surface area contributed by atoms with Crippen LogP contribution in [0.25, 0.3) is 0 Å². The number of hydrogen-bond acceptors (Lipinski definition) is 3. The Balaban J connectivity index is 2.41. The monoisotopic (exact) mass is 229 g/mol. The molecule has 6 heteroatoms. The first-order chi connectivity index (χ1) is 7.52. The Morgan fingerprint density at radius 1 is 1.38 bits per heavy atom. The molecular weight excluding hydrogens is 210 g/mol. The number of hydroxylamine groups is 1. The fraction of sp³-hybridized carbons (Fsp3) is 0.800. The van der Waals surface area contributed by atoms with Gasteiger partial charge in [-0.05, 0) is 33.1 Å². The van der Waals surface area contributed by atoms with Gasteiger partial charge in [0.1, 0.15) is 0 Å². The third kappa shape index (κ3) is 3.37. The van der Waals surface area contributed by atoms with E-state index in [1.165, 1.54) is 0 Å². The third-order valence-electron chi connectivity index (χ3n) is 2.85. The van der Waals surface area contributed by atoms with Crippen LogP contribution in [0.15, 0.2) is 0 Å². The average molecular weight is 229 g/mol. The smallest absolute Gasteiger partial charge is 0.336 e. The molecule has 0 saturated carbocycles. The van der Waals surface area contributed by atoms with Crippen LogP contribution in [-0.4, -0.2) is 35.5 Å². The van der Waals surface area contributed by atoms with Gasteiger partial charge in [0.05, 0.1) is 0 Å². The molecule has 0 aliphatic carbocycles. The van der Waals surface area contributed by atoms with Crippen molar-refractivity contribution in [2.75, 3.05) is 6.61 Å². The average Bonchev–Trinajstić information content (AvgIpc) is 2.16. The van der Waals surface area contributed by atoms with Gasteiger partial charge in [-0.3, -0.25) is 9.63 Å². The predicted molar refractivity (Wildman–Crippen MR) is 58.3 cm³/mol. The summed E-state index contributed by atoms with van der Waals surface area (Å²) in [5.41, 5.74) is 6.75. The van der Waals surface area contributed by atoms with Crippen LogP contribution >= 0.6 is 0 Å². The van der Waals surface area contributed by atoms with Crippen LogP contribution in [0.1, 0.15) is 33.1 Å². The van der Waals surface area contributed by atoms with E-state index in [1.807, 2.05) is 24.2 Å². The van der Waals surface area contributed by atoms with Crippen LogP contribution in [0.2, 0.25) is 0 Å². The Morgan fingerprint density at radius 2 is 1.94 bits per heavy atom. The summed E-state index contributed by atoms with van der Waals surface area (Å²) in [6.45, 7) is 3.88. The van der Waals surface area contributed by atoms with Crippen LogP contribution in [0, 0.1) is 0 Å². The molecule has 0 radical (unpaired) electrons. The van der Waals surface area contributed by atoms with Crippen molar-refractivity contribution in [1.29, 1.82) is 0 Å². The number of nitrogens with two attached hydrogens (primary N) is 1. The van der Waals surface area contributed by atoms with E-state index >= 15 is 0 Å². The molecule has 0 aromatic carbocycles. The fourth-order valence-electron chi connectivity index (χ4n) is 2.16. The number of likely N-dealkylation sites (tertiary alicyclic amines) is 1. The Morgan fingerprint density at radius 3 is 2.44 bits per heavy atom. The number of piperidine rings is 1. The molecule has 0 bridgehead atoms. The number of nitrogens with one attached hydrogen (secondary N) is 1. The van der Waals surface area contributed by atoms with Gasteiger partial charge in [-0.1, -0.05) is 0 Å². The summed E-state index contributed by atoms with van der Waals surface area (Å²) >= 11 is 0. The van der Waals surface area contributed by atoms with Gasteiger partial charge in [-0.25, -0.2) is 10.3 Å². The van der Waals surface area contributed by atoms with Gasteiger partial charge in [0.15, 0.2) is 6.61 Å². The molecule has 1 rings (SSSR count). The summed E-state index contributed by atoms with van der Waals surface area (Å²) in [4.78, 5) is 28.7. The number of carbonyl (C=O) groups is 2. The van der Waals surface area contributed by atoms with Crippen LogP contribution in [0.4, 0.5) is 4.79 Å². The zero-order valence-electron chi connectivity index (χ0n) is 9.73. The molecule has 0 aromatic heterocycles. The van der Waals surface area contributed by atoms with E-state index in [4.69, 9.17) is 10.6 Å². The van der Waals surface area contributed by atoms with Gasteiger partial charge in [-0.15, -0.1) is 0 Å². The summed E-state index contributed by atoms with van der Waals surface area (Å²) in [6, 6.07) is -0.339. The van der Waals surface area contributed by atoms with E-state index in [9.17, 15) is 9.59 Å². The third-order valence-corrected chi connectivity index (χ3v) is 2.85. The van der Waals surface area contributed by atoms with E-state index in [0.717, 1.165) is 19.3 Å². The summed E-state index contributed by atoms with van der Waals surface area (Å²) in [7, 11) is 0. The van der Waals surface area contributed by atoms with Gasteiger partial charge >= 0.3 is 6.03 Å². The number of carbonyl (C=O) groups excluding carboxylic acids is 2. The summed E-state index contributed by atoms with van der Waals surface area (Å²) in [5, 5.41) is 0. The molecule has 1 heterocycles. The maximum Gasteiger partial charge on any atom is 0.336 e.